The fourth-order valence-electron chi connectivity index (χ4n) is 5.40. The molecule has 0 radical (unpaired) electrons. The van der Waals surface area contributed by atoms with Crippen LogP contribution in [-0.4, -0.2) is 91.9 Å². The van der Waals surface area contributed by atoms with E-state index in [1.54, 1.807) is 38.1 Å². The molecule has 0 aromatic heterocycles. The van der Waals surface area contributed by atoms with Gasteiger partial charge in [-0.05, 0) is 19.4 Å². The zero-order valence-electron chi connectivity index (χ0n) is 19.7. The first-order valence-corrected chi connectivity index (χ1v) is 12.3. The molecule has 10 heteroatoms. The molecule has 34 heavy (non-hydrogen) atoms. The monoisotopic (exact) mass is 489 g/mol. The summed E-state index contributed by atoms with van der Waals surface area (Å²) in [5.41, 5.74) is 0.720. The van der Waals surface area contributed by atoms with E-state index < -0.39 is 24.0 Å². The summed E-state index contributed by atoms with van der Waals surface area (Å²) < 4.78 is 0. The third-order valence-electron chi connectivity index (χ3n) is 7.06. The molecule has 2 saturated heterocycles. The number of carbonyl (C=O) groups is 3. The Hall–Kier alpha value is -2.56. The molecule has 0 aliphatic carbocycles. The zero-order valence-corrected chi connectivity index (χ0v) is 20.5. The number of hydrogen-bond acceptors (Lipinski definition) is 7. The first-order chi connectivity index (χ1) is 16.0. The van der Waals surface area contributed by atoms with Crippen molar-refractivity contribution in [2.24, 2.45) is 11.8 Å². The fourth-order valence-corrected chi connectivity index (χ4v) is 6.95. The lowest BCUT2D eigenvalue weighted by Gasteiger charge is -2.46. The molecule has 2 fully saturated rings. The smallest absolute Gasteiger partial charge is 0.353 e. The van der Waals surface area contributed by atoms with Crippen LogP contribution >= 0.6 is 11.8 Å². The maximum atomic E-state index is 13.0. The van der Waals surface area contributed by atoms with Crippen LogP contribution in [0.25, 0.3) is 0 Å². The number of fused-ring (bicyclic) bond motifs is 1. The molecule has 3 N–H and O–H groups in total. The van der Waals surface area contributed by atoms with Crippen molar-refractivity contribution in [3.05, 3.63) is 40.4 Å². The molecular formula is C24H31N3O6S. The fraction of sp³-hybridized carbons (Fsp3) is 0.542. The second-order valence-corrected chi connectivity index (χ2v) is 10.9. The van der Waals surface area contributed by atoms with Crippen LogP contribution in [0.2, 0.25) is 0 Å². The Morgan fingerprint density at radius 1 is 1.26 bits per heavy atom. The number of likely N-dealkylation sites (tertiary alicyclic amines) is 1. The summed E-state index contributed by atoms with van der Waals surface area (Å²) in [6, 6.07) is 6.26. The number of aliphatic carboxylic acids is 1. The number of hydrogen-bond donors (Lipinski definition) is 3. The van der Waals surface area contributed by atoms with E-state index in [2.05, 4.69) is 0 Å². The van der Waals surface area contributed by atoms with Crippen LogP contribution < -0.4 is 0 Å². The Morgan fingerprint density at radius 3 is 2.53 bits per heavy atom. The highest BCUT2D eigenvalue weighted by Crippen LogP contribution is 2.52. The highest BCUT2D eigenvalue weighted by atomic mass is 32.2. The zero-order chi connectivity index (χ0) is 24.9. The maximum Gasteiger partial charge on any atom is 0.353 e. The van der Waals surface area contributed by atoms with Gasteiger partial charge in [-0.15, -0.1) is 11.8 Å². The average Bonchev–Trinajstić information content (AvgIpc) is 3.26. The van der Waals surface area contributed by atoms with E-state index in [9.17, 15) is 29.7 Å². The summed E-state index contributed by atoms with van der Waals surface area (Å²) in [5, 5.41) is 30.1. The summed E-state index contributed by atoms with van der Waals surface area (Å²) in [4.78, 5) is 43.2. The van der Waals surface area contributed by atoms with Crippen LogP contribution in [0.4, 0.5) is 0 Å². The Morgan fingerprint density at radius 2 is 1.94 bits per heavy atom. The SMILES string of the molecule is CC(O)C1C(=O)N2C(C(=O)O)=C(SC3CC(C(=O)N(C)C)N(Cc4ccccc4O)C3)C(C)C12. The number of phenolic OH excluding ortho intramolecular Hbond substituents is 1. The van der Waals surface area contributed by atoms with Gasteiger partial charge in [-0.1, -0.05) is 25.1 Å². The van der Waals surface area contributed by atoms with Crippen molar-refractivity contribution in [2.45, 2.75) is 50.3 Å². The van der Waals surface area contributed by atoms with Crippen LogP contribution in [0.15, 0.2) is 34.9 Å². The Balaban J connectivity index is 1.58. The number of thioether (sulfide) groups is 1. The van der Waals surface area contributed by atoms with Crippen molar-refractivity contribution in [3.63, 3.8) is 0 Å². The number of carboxylic acid groups (broad SMARTS) is 1. The van der Waals surface area contributed by atoms with E-state index in [-0.39, 0.29) is 40.5 Å². The second kappa shape index (κ2) is 9.24. The topological polar surface area (TPSA) is 122 Å². The number of para-hydroxylation sites is 1. The number of benzene rings is 1. The number of amides is 2. The summed E-state index contributed by atoms with van der Waals surface area (Å²) in [5.74, 6) is -2.21. The van der Waals surface area contributed by atoms with Crippen molar-refractivity contribution < 1.29 is 29.7 Å². The average molecular weight is 490 g/mol. The number of aliphatic hydroxyl groups excluding tert-OH is 1. The Labute approximate surface area is 203 Å². The first kappa shape index (κ1) is 24.6. The van der Waals surface area contributed by atoms with Gasteiger partial charge in [0.05, 0.1) is 24.1 Å². The van der Waals surface area contributed by atoms with Crippen LogP contribution in [0.3, 0.4) is 0 Å². The van der Waals surface area contributed by atoms with Crippen LogP contribution in [0, 0.1) is 11.8 Å². The minimum absolute atomic E-state index is 0.000889. The second-order valence-electron chi connectivity index (χ2n) is 9.55. The molecule has 1 aromatic rings. The molecule has 1 aromatic carbocycles. The lowest BCUT2D eigenvalue weighted by Crippen LogP contribution is -2.63. The third-order valence-corrected chi connectivity index (χ3v) is 8.55. The van der Waals surface area contributed by atoms with Gasteiger partial charge in [0.25, 0.3) is 0 Å². The van der Waals surface area contributed by atoms with Crippen molar-refractivity contribution in [1.29, 1.82) is 0 Å². The lowest BCUT2D eigenvalue weighted by molar-refractivity contribution is -0.163. The van der Waals surface area contributed by atoms with Crippen molar-refractivity contribution in [2.75, 3.05) is 20.6 Å². The third kappa shape index (κ3) is 4.08. The predicted octanol–water partition coefficient (Wildman–Crippen LogP) is 1.31. The highest BCUT2D eigenvalue weighted by molar-refractivity contribution is 8.03. The summed E-state index contributed by atoms with van der Waals surface area (Å²) in [6.07, 6.45) is -0.324. The predicted molar refractivity (Wildman–Crippen MR) is 127 cm³/mol. The molecule has 3 aliphatic rings. The van der Waals surface area contributed by atoms with Crippen molar-refractivity contribution in [3.8, 4) is 5.75 Å². The van der Waals surface area contributed by atoms with Gasteiger partial charge in [-0.25, -0.2) is 4.79 Å². The van der Waals surface area contributed by atoms with Crippen molar-refractivity contribution in [1.82, 2.24) is 14.7 Å². The normalized spacial score (nSPS) is 29.7. The minimum atomic E-state index is -1.15. The van der Waals surface area contributed by atoms with Gasteiger partial charge in [0.1, 0.15) is 11.4 Å². The number of nitrogens with zero attached hydrogens (tertiary/aromatic N) is 3. The molecule has 9 nitrogen and oxygen atoms in total. The maximum absolute atomic E-state index is 13.0. The summed E-state index contributed by atoms with van der Waals surface area (Å²) >= 11 is 1.42. The lowest BCUT2D eigenvalue weighted by atomic mass is 9.79. The van der Waals surface area contributed by atoms with E-state index in [1.807, 2.05) is 24.0 Å². The standard InChI is InChI=1S/C24H31N3O6S/c1-12-19-18(13(2)28)23(31)27(19)20(24(32)33)21(12)34-15-9-16(22(30)25(3)4)26(11-15)10-14-7-5-6-8-17(14)29/h5-8,12-13,15-16,18-19,28-29H,9-11H2,1-4H3,(H,32,33). The van der Waals surface area contributed by atoms with E-state index in [0.717, 1.165) is 5.56 Å². The van der Waals surface area contributed by atoms with E-state index in [1.165, 1.54) is 16.7 Å². The Kier molecular flexibility index (Phi) is 6.67. The number of likely N-dealkylation sites (N-methyl/N-ethyl adjacent to an activating group) is 1. The van der Waals surface area contributed by atoms with E-state index >= 15 is 0 Å². The van der Waals surface area contributed by atoms with Crippen LogP contribution in [0.1, 0.15) is 25.8 Å². The molecule has 3 heterocycles. The minimum Gasteiger partial charge on any atom is -0.508 e. The molecule has 6 atom stereocenters. The van der Waals surface area contributed by atoms with Gasteiger partial charge in [0.15, 0.2) is 0 Å². The number of β-lactam (4-membered cyclic amide) rings is 1. The van der Waals surface area contributed by atoms with E-state index in [0.29, 0.717) is 24.4 Å². The summed E-state index contributed by atoms with van der Waals surface area (Å²) in [6.45, 7) is 4.38. The Bertz CT molecular complexity index is 1040. The quantitative estimate of drug-likeness (QED) is 0.490. The van der Waals surface area contributed by atoms with E-state index in [4.69, 9.17) is 0 Å². The first-order valence-electron chi connectivity index (χ1n) is 11.4. The number of carbonyl (C=O) groups excluding carboxylic acids is 2. The van der Waals surface area contributed by atoms with Crippen molar-refractivity contribution >= 4 is 29.5 Å². The van der Waals surface area contributed by atoms with Crippen LogP contribution in [0.5, 0.6) is 5.75 Å². The molecule has 0 bridgehead atoms. The molecule has 4 rings (SSSR count). The molecular weight excluding hydrogens is 458 g/mol. The number of aliphatic hydroxyl groups is 1. The van der Waals surface area contributed by atoms with Crippen LogP contribution in [-0.2, 0) is 20.9 Å². The van der Waals surface area contributed by atoms with Gasteiger partial charge in [0.2, 0.25) is 11.8 Å². The van der Waals surface area contributed by atoms with Gasteiger partial charge < -0.3 is 25.1 Å². The number of aromatic hydroxyl groups is 1. The molecule has 0 spiro atoms. The van der Waals surface area contributed by atoms with Gasteiger partial charge >= 0.3 is 5.97 Å². The number of phenols is 1. The molecule has 2 amide bonds. The molecule has 3 aliphatic heterocycles. The molecule has 6 unspecified atom stereocenters. The highest BCUT2D eigenvalue weighted by Gasteiger charge is 2.60. The van der Waals surface area contributed by atoms with Gasteiger partial charge in [-0.3, -0.25) is 14.5 Å². The van der Waals surface area contributed by atoms with Gasteiger partial charge in [-0.2, -0.15) is 0 Å². The van der Waals surface area contributed by atoms with Gasteiger partial charge in [0, 0.05) is 48.8 Å². The molecule has 184 valence electrons. The largest absolute Gasteiger partial charge is 0.508 e. The number of rotatable bonds is 7. The number of carboxylic acids is 1. The summed E-state index contributed by atoms with van der Waals surface area (Å²) in [7, 11) is 3.41. The molecule has 0 saturated carbocycles.